The number of amides is 1. The van der Waals surface area contributed by atoms with Crippen LogP contribution in [0.25, 0.3) is 0 Å². The Morgan fingerprint density at radius 3 is 1.24 bits per heavy atom. The van der Waals surface area contributed by atoms with Gasteiger partial charge in [0.15, 0.2) is 12.6 Å². The summed E-state index contributed by atoms with van der Waals surface area (Å²) >= 11 is 0. The molecule has 0 aromatic heterocycles. The van der Waals surface area contributed by atoms with Crippen LogP contribution in [0.3, 0.4) is 0 Å². The number of aliphatic hydroxyl groups is 8. The van der Waals surface area contributed by atoms with Crippen molar-refractivity contribution in [3.63, 3.8) is 0 Å². The summed E-state index contributed by atoms with van der Waals surface area (Å²) in [6.07, 6.45) is 67.2. The van der Waals surface area contributed by atoms with Crippen molar-refractivity contribution in [1.82, 2.24) is 5.32 Å². The summed E-state index contributed by atoms with van der Waals surface area (Å²) in [5, 5.41) is 87.4. The quantitative estimate of drug-likeness (QED) is 0.0204. The second-order valence-corrected chi connectivity index (χ2v) is 24.6. The molecule has 2 saturated heterocycles. The highest BCUT2D eigenvalue weighted by molar-refractivity contribution is 5.76. The van der Waals surface area contributed by atoms with E-state index in [1.807, 2.05) is 6.08 Å². The highest BCUT2D eigenvalue weighted by atomic mass is 16.7. The van der Waals surface area contributed by atoms with Crippen LogP contribution in [0, 0.1) is 0 Å². The lowest BCUT2D eigenvalue weighted by Crippen LogP contribution is -2.65. The second kappa shape index (κ2) is 58.5. The molecule has 89 heavy (non-hydrogen) atoms. The maximum absolute atomic E-state index is 13.3. The van der Waals surface area contributed by atoms with Crippen molar-refractivity contribution < 1.29 is 64.6 Å². The molecule has 2 aliphatic heterocycles. The Hall–Kier alpha value is -3.35. The Bertz CT molecular complexity index is 1910. The maximum Gasteiger partial charge on any atom is 0.220 e. The van der Waals surface area contributed by atoms with Crippen molar-refractivity contribution in [2.45, 2.75) is 338 Å². The fraction of sp³-hybridized carbons (Fsp3) is 0.747. The average molecular weight is 1250 g/mol. The van der Waals surface area contributed by atoms with Gasteiger partial charge in [0.2, 0.25) is 5.91 Å². The van der Waals surface area contributed by atoms with Crippen LogP contribution in [0.2, 0.25) is 0 Å². The summed E-state index contributed by atoms with van der Waals surface area (Å²) in [7, 11) is 0. The highest BCUT2D eigenvalue weighted by Gasteiger charge is 2.51. The zero-order valence-electron chi connectivity index (χ0n) is 55.6. The summed E-state index contributed by atoms with van der Waals surface area (Å²) in [5.41, 5.74) is 0. The predicted molar refractivity (Wildman–Crippen MR) is 364 cm³/mol. The first-order valence-corrected chi connectivity index (χ1v) is 35.6. The molecular formula is C75H129NO13. The predicted octanol–water partition coefficient (Wildman–Crippen LogP) is 14.7. The third-order valence-corrected chi connectivity index (χ3v) is 16.7. The van der Waals surface area contributed by atoms with Gasteiger partial charge in [-0.05, 0) is 89.9 Å². The molecule has 2 rings (SSSR count). The van der Waals surface area contributed by atoms with Crippen LogP contribution in [-0.4, -0.2) is 140 Å². The van der Waals surface area contributed by atoms with Crippen LogP contribution in [0.4, 0.5) is 0 Å². The standard InChI is InChI=1S/C75H129NO13/c1-3-5-7-9-11-13-15-17-19-21-23-24-25-26-27-28-29-30-31-32-33-34-35-36-37-38-39-40-41-43-45-47-49-51-53-55-57-59-67(80)76-63(64(79)58-56-54-52-50-48-46-44-42-22-20-18-16-14-12-10-8-6-4-2)62-86-74-72(85)70(83)73(66(61-78)88-74)89-75-71(84)69(82)68(81)65(60-77)87-75/h5,7,11,13,17,19,23-24,26-27,29-30,32-33,48,50,56,58,63-66,68-75,77-79,81-85H,3-4,6,8-10,12,14-16,18,20-22,25,28,31,34-47,49,51-55,57,59-62H2,1-2H3,(H,76,80)/b7-5-,13-11-,19-17-,24-23-,27-26-,30-29-,33-32-,50-48+,58-56+. The fourth-order valence-corrected chi connectivity index (χ4v) is 11.1. The van der Waals surface area contributed by atoms with Crippen molar-refractivity contribution in [2.75, 3.05) is 19.8 Å². The first-order valence-electron chi connectivity index (χ1n) is 35.6. The SMILES string of the molecule is CC/C=C\C/C=C\C/C=C\C/C=C\C/C=C\C/C=C\C/C=C\CCCCCCCCCCCCCCCCCC(=O)NC(COC1OC(CO)C(OC2OC(CO)C(O)C(O)C2O)C(O)C1O)C(O)/C=C/CC/C=C/CCCCCCCCCCCCCC. The highest BCUT2D eigenvalue weighted by Crippen LogP contribution is 2.30. The summed E-state index contributed by atoms with van der Waals surface area (Å²) in [4.78, 5) is 13.3. The molecule has 14 nitrogen and oxygen atoms in total. The molecule has 9 N–H and O–H groups in total. The zero-order valence-corrected chi connectivity index (χ0v) is 55.6. The van der Waals surface area contributed by atoms with Gasteiger partial charge in [-0.1, -0.05) is 277 Å². The van der Waals surface area contributed by atoms with Gasteiger partial charge in [-0.25, -0.2) is 0 Å². The Morgan fingerprint density at radius 2 is 0.787 bits per heavy atom. The minimum Gasteiger partial charge on any atom is -0.394 e. The third kappa shape index (κ3) is 42.5. The summed E-state index contributed by atoms with van der Waals surface area (Å²) < 4.78 is 22.8. The molecule has 2 fully saturated rings. The van der Waals surface area contributed by atoms with Crippen LogP contribution in [0.1, 0.15) is 264 Å². The number of hydrogen-bond donors (Lipinski definition) is 9. The molecule has 0 aliphatic carbocycles. The number of aliphatic hydroxyl groups excluding tert-OH is 8. The first-order chi connectivity index (χ1) is 43.6. The molecule has 12 unspecified atom stereocenters. The van der Waals surface area contributed by atoms with Gasteiger partial charge in [-0.15, -0.1) is 0 Å². The number of ether oxygens (including phenoxy) is 4. The first kappa shape index (κ1) is 81.7. The fourth-order valence-electron chi connectivity index (χ4n) is 11.1. The van der Waals surface area contributed by atoms with E-state index in [0.29, 0.717) is 12.8 Å². The van der Waals surface area contributed by atoms with Gasteiger partial charge in [0, 0.05) is 6.42 Å². The number of rotatable bonds is 57. The smallest absolute Gasteiger partial charge is 0.220 e. The monoisotopic (exact) mass is 1250 g/mol. The van der Waals surface area contributed by atoms with Crippen LogP contribution in [-0.2, 0) is 23.7 Å². The summed E-state index contributed by atoms with van der Waals surface area (Å²) in [5.74, 6) is -0.251. The van der Waals surface area contributed by atoms with E-state index >= 15 is 0 Å². The molecule has 1 amide bonds. The maximum atomic E-state index is 13.3. The molecule has 2 aliphatic rings. The summed E-state index contributed by atoms with van der Waals surface area (Å²) in [6, 6.07) is -0.938. The Morgan fingerprint density at radius 1 is 0.416 bits per heavy atom. The minimum atomic E-state index is -1.79. The molecule has 0 spiro atoms. The number of hydrogen-bond acceptors (Lipinski definition) is 13. The number of nitrogens with one attached hydrogen (secondary N) is 1. The lowest BCUT2D eigenvalue weighted by molar-refractivity contribution is -0.359. The molecule has 14 heteroatoms. The normalized spacial score (nSPS) is 23.7. The molecule has 2 heterocycles. The van der Waals surface area contributed by atoms with Crippen LogP contribution >= 0.6 is 0 Å². The van der Waals surface area contributed by atoms with Gasteiger partial charge in [0.05, 0.1) is 32.0 Å². The van der Waals surface area contributed by atoms with E-state index in [1.54, 1.807) is 6.08 Å². The van der Waals surface area contributed by atoms with E-state index in [2.05, 4.69) is 116 Å². The average Bonchev–Trinajstić information content (AvgIpc) is 1.44. The van der Waals surface area contributed by atoms with Crippen LogP contribution < -0.4 is 5.32 Å². The molecule has 0 aromatic carbocycles. The third-order valence-electron chi connectivity index (χ3n) is 16.7. The molecule has 0 saturated carbocycles. The second-order valence-electron chi connectivity index (χ2n) is 24.6. The van der Waals surface area contributed by atoms with E-state index in [4.69, 9.17) is 18.9 Å². The number of carbonyl (C=O) groups is 1. The van der Waals surface area contributed by atoms with Crippen molar-refractivity contribution in [3.05, 3.63) is 109 Å². The molecule has 12 atom stereocenters. The van der Waals surface area contributed by atoms with Gasteiger partial charge < -0.3 is 65.1 Å². The zero-order chi connectivity index (χ0) is 64.5. The van der Waals surface area contributed by atoms with Gasteiger partial charge in [-0.2, -0.15) is 0 Å². The summed E-state index contributed by atoms with van der Waals surface area (Å²) in [6.45, 7) is 2.68. The van der Waals surface area contributed by atoms with Crippen LogP contribution in [0.15, 0.2) is 109 Å². The molecule has 512 valence electrons. The Labute approximate surface area is 540 Å². The topological polar surface area (TPSA) is 228 Å². The van der Waals surface area contributed by atoms with Gasteiger partial charge >= 0.3 is 0 Å². The van der Waals surface area contributed by atoms with Crippen LogP contribution in [0.5, 0.6) is 0 Å². The molecule has 0 bridgehead atoms. The van der Waals surface area contributed by atoms with Crippen molar-refractivity contribution >= 4 is 5.91 Å². The van der Waals surface area contributed by atoms with Crippen molar-refractivity contribution in [1.29, 1.82) is 0 Å². The van der Waals surface area contributed by atoms with Gasteiger partial charge in [0.25, 0.3) is 0 Å². The van der Waals surface area contributed by atoms with E-state index in [0.717, 1.165) is 77.0 Å². The lowest BCUT2D eigenvalue weighted by atomic mass is 9.97. The van der Waals surface area contributed by atoms with Crippen molar-refractivity contribution in [3.8, 4) is 0 Å². The van der Waals surface area contributed by atoms with E-state index < -0.39 is 86.8 Å². The Balaban J connectivity index is 1.64. The number of allylic oxidation sites excluding steroid dienone is 17. The van der Waals surface area contributed by atoms with E-state index in [1.165, 1.54) is 154 Å². The minimum absolute atomic E-state index is 0.251. The molecular weight excluding hydrogens is 1120 g/mol. The largest absolute Gasteiger partial charge is 0.394 e. The number of unbranched alkanes of at least 4 members (excludes halogenated alkanes) is 28. The lowest BCUT2D eigenvalue weighted by Gasteiger charge is -2.46. The van der Waals surface area contributed by atoms with Gasteiger partial charge in [0.1, 0.15) is 48.8 Å². The molecule has 0 aromatic rings. The van der Waals surface area contributed by atoms with E-state index in [-0.39, 0.29) is 18.9 Å². The molecule has 0 radical (unpaired) electrons. The number of carbonyl (C=O) groups excluding carboxylic acids is 1. The van der Waals surface area contributed by atoms with Crippen molar-refractivity contribution in [2.24, 2.45) is 0 Å². The Kier molecular flexibility index (Phi) is 53.7. The van der Waals surface area contributed by atoms with E-state index in [9.17, 15) is 45.6 Å². The van der Waals surface area contributed by atoms with Gasteiger partial charge in [-0.3, -0.25) is 4.79 Å².